The summed E-state index contributed by atoms with van der Waals surface area (Å²) < 4.78 is 4.79. The fraction of sp³-hybridized carbons (Fsp3) is 0.846. The first-order valence-corrected chi connectivity index (χ1v) is 6.60. The van der Waals surface area contributed by atoms with Crippen molar-refractivity contribution >= 4 is 11.9 Å². The highest BCUT2D eigenvalue weighted by Gasteiger charge is 2.38. The molecule has 1 heterocycles. The second-order valence-corrected chi connectivity index (χ2v) is 5.03. The Morgan fingerprint density at radius 2 is 2.11 bits per heavy atom. The molecule has 3 unspecified atom stereocenters. The van der Waals surface area contributed by atoms with Crippen molar-refractivity contribution in [3.8, 4) is 0 Å². The molecule has 3 atom stereocenters. The molecule has 0 aromatic heterocycles. The van der Waals surface area contributed by atoms with Gasteiger partial charge in [0.05, 0.1) is 19.1 Å². The number of methoxy groups -OCH3 is 1. The highest BCUT2D eigenvalue weighted by Crippen LogP contribution is 2.25. The van der Waals surface area contributed by atoms with Gasteiger partial charge in [0.2, 0.25) is 5.91 Å². The van der Waals surface area contributed by atoms with E-state index in [-0.39, 0.29) is 29.8 Å². The van der Waals surface area contributed by atoms with E-state index in [1.807, 2.05) is 20.8 Å². The molecule has 0 saturated carbocycles. The van der Waals surface area contributed by atoms with Gasteiger partial charge < -0.3 is 10.1 Å². The zero-order valence-corrected chi connectivity index (χ0v) is 11.7. The molecule has 1 rings (SSSR count). The molecule has 1 fully saturated rings. The molecule has 0 spiro atoms. The molecule has 5 heteroatoms. The molecule has 1 aliphatic rings. The van der Waals surface area contributed by atoms with Crippen LogP contribution >= 0.6 is 0 Å². The van der Waals surface area contributed by atoms with Crippen LogP contribution in [0.4, 0.5) is 0 Å². The maximum atomic E-state index is 11.9. The molecule has 1 N–H and O–H groups in total. The van der Waals surface area contributed by atoms with Gasteiger partial charge in [-0.3, -0.25) is 14.5 Å². The Morgan fingerprint density at radius 3 is 2.67 bits per heavy atom. The Bertz CT molecular complexity index is 307. The lowest BCUT2D eigenvalue weighted by atomic mass is 9.99. The zero-order chi connectivity index (χ0) is 13.7. The molecule has 1 amide bonds. The van der Waals surface area contributed by atoms with Crippen LogP contribution in [0.1, 0.15) is 27.2 Å². The van der Waals surface area contributed by atoms with Gasteiger partial charge in [0.15, 0.2) is 0 Å². The predicted molar refractivity (Wildman–Crippen MR) is 69.0 cm³/mol. The third-order valence-corrected chi connectivity index (χ3v) is 3.62. The number of hydrogen-bond acceptors (Lipinski definition) is 4. The van der Waals surface area contributed by atoms with Gasteiger partial charge in [-0.05, 0) is 19.3 Å². The van der Waals surface area contributed by atoms with E-state index in [2.05, 4.69) is 10.2 Å². The van der Waals surface area contributed by atoms with E-state index in [9.17, 15) is 9.59 Å². The van der Waals surface area contributed by atoms with Crippen LogP contribution in [0, 0.1) is 11.8 Å². The van der Waals surface area contributed by atoms with Gasteiger partial charge >= 0.3 is 5.97 Å². The molecular formula is C13H24N2O3. The largest absolute Gasteiger partial charge is 0.469 e. The number of hydrogen-bond donors (Lipinski definition) is 1. The van der Waals surface area contributed by atoms with Gasteiger partial charge in [0.1, 0.15) is 0 Å². The van der Waals surface area contributed by atoms with Crippen molar-refractivity contribution in [3.05, 3.63) is 0 Å². The average molecular weight is 256 g/mol. The SMILES string of the molecule is CCCNC(=O)C(C)N1CC(C)C(C(=O)OC)C1. The summed E-state index contributed by atoms with van der Waals surface area (Å²) in [6.45, 7) is 8.01. The van der Waals surface area contributed by atoms with Crippen molar-refractivity contribution in [2.75, 3.05) is 26.7 Å². The Labute approximate surface area is 109 Å². The summed E-state index contributed by atoms with van der Waals surface area (Å²) >= 11 is 0. The number of carbonyl (C=O) groups is 2. The number of nitrogens with zero attached hydrogens (tertiary/aromatic N) is 1. The molecule has 0 radical (unpaired) electrons. The van der Waals surface area contributed by atoms with E-state index in [1.54, 1.807) is 0 Å². The van der Waals surface area contributed by atoms with Crippen LogP contribution < -0.4 is 5.32 Å². The highest BCUT2D eigenvalue weighted by atomic mass is 16.5. The normalized spacial score (nSPS) is 25.8. The summed E-state index contributed by atoms with van der Waals surface area (Å²) in [6, 6.07) is -0.186. The van der Waals surface area contributed by atoms with E-state index in [4.69, 9.17) is 4.74 Å². The number of nitrogens with one attached hydrogen (secondary N) is 1. The molecule has 0 aromatic rings. The van der Waals surface area contributed by atoms with Crippen molar-refractivity contribution in [2.45, 2.75) is 33.2 Å². The topological polar surface area (TPSA) is 58.6 Å². The van der Waals surface area contributed by atoms with Crippen molar-refractivity contribution in [3.63, 3.8) is 0 Å². The summed E-state index contributed by atoms with van der Waals surface area (Å²) in [5.74, 6) is -0.0176. The third kappa shape index (κ3) is 3.45. The fourth-order valence-electron chi connectivity index (χ4n) is 2.34. The number of amides is 1. The van der Waals surface area contributed by atoms with Crippen molar-refractivity contribution in [1.82, 2.24) is 10.2 Å². The monoisotopic (exact) mass is 256 g/mol. The van der Waals surface area contributed by atoms with E-state index < -0.39 is 0 Å². The summed E-state index contributed by atoms with van der Waals surface area (Å²) in [5, 5.41) is 2.89. The van der Waals surface area contributed by atoms with Crippen LogP contribution in [-0.4, -0.2) is 49.6 Å². The predicted octanol–water partition coefficient (Wildman–Crippen LogP) is 0.642. The Morgan fingerprint density at radius 1 is 1.44 bits per heavy atom. The summed E-state index contributed by atoms with van der Waals surface area (Å²) in [4.78, 5) is 25.5. The molecule has 0 aliphatic carbocycles. The minimum atomic E-state index is -0.186. The standard InChI is InChI=1S/C13H24N2O3/c1-5-6-14-12(16)10(3)15-7-9(2)11(8-15)13(17)18-4/h9-11H,5-8H2,1-4H3,(H,14,16). The second kappa shape index (κ2) is 6.73. The van der Waals surface area contributed by atoms with Gasteiger partial charge in [0.25, 0.3) is 0 Å². The van der Waals surface area contributed by atoms with Gasteiger partial charge in [-0.1, -0.05) is 13.8 Å². The molecule has 5 nitrogen and oxygen atoms in total. The van der Waals surface area contributed by atoms with Gasteiger partial charge in [-0.15, -0.1) is 0 Å². The fourth-order valence-corrected chi connectivity index (χ4v) is 2.34. The van der Waals surface area contributed by atoms with E-state index in [0.717, 1.165) is 13.0 Å². The van der Waals surface area contributed by atoms with Gasteiger partial charge in [-0.25, -0.2) is 0 Å². The summed E-state index contributed by atoms with van der Waals surface area (Å²) in [7, 11) is 1.41. The highest BCUT2D eigenvalue weighted by molar-refractivity contribution is 5.81. The third-order valence-electron chi connectivity index (χ3n) is 3.62. The summed E-state index contributed by atoms with van der Waals surface area (Å²) in [6.07, 6.45) is 0.930. The van der Waals surface area contributed by atoms with E-state index in [0.29, 0.717) is 13.1 Å². The van der Waals surface area contributed by atoms with Crippen LogP contribution in [0.15, 0.2) is 0 Å². The Balaban J connectivity index is 2.54. The van der Waals surface area contributed by atoms with Gasteiger partial charge in [-0.2, -0.15) is 0 Å². The van der Waals surface area contributed by atoms with Crippen LogP contribution in [0.2, 0.25) is 0 Å². The van der Waals surface area contributed by atoms with Crippen molar-refractivity contribution in [1.29, 1.82) is 0 Å². The quantitative estimate of drug-likeness (QED) is 0.733. The first-order valence-electron chi connectivity index (χ1n) is 6.60. The first kappa shape index (κ1) is 15.0. The van der Waals surface area contributed by atoms with Crippen LogP contribution in [-0.2, 0) is 14.3 Å². The Kier molecular flexibility index (Phi) is 5.59. The first-order chi connectivity index (χ1) is 8.51. The Hall–Kier alpha value is -1.10. The number of ether oxygens (including phenoxy) is 1. The van der Waals surface area contributed by atoms with E-state index >= 15 is 0 Å². The number of rotatable bonds is 5. The molecule has 0 aromatic carbocycles. The average Bonchev–Trinajstić information content (AvgIpc) is 2.76. The summed E-state index contributed by atoms with van der Waals surface area (Å²) in [5.41, 5.74) is 0. The van der Waals surface area contributed by atoms with Crippen LogP contribution in [0.25, 0.3) is 0 Å². The van der Waals surface area contributed by atoms with Crippen molar-refractivity contribution in [2.24, 2.45) is 11.8 Å². The number of esters is 1. The lowest BCUT2D eigenvalue weighted by molar-refractivity contribution is -0.146. The van der Waals surface area contributed by atoms with Crippen LogP contribution in [0.3, 0.4) is 0 Å². The second-order valence-electron chi connectivity index (χ2n) is 5.03. The minimum Gasteiger partial charge on any atom is -0.469 e. The molecule has 1 aliphatic heterocycles. The molecule has 18 heavy (non-hydrogen) atoms. The van der Waals surface area contributed by atoms with E-state index in [1.165, 1.54) is 7.11 Å². The molecule has 0 bridgehead atoms. The van der Waals surface area contributed by atoms with Gasteiger partial charge in [0, 0.05) is 19.6 Å². The smallest absolute Gasteiger partial charge is 0.310 e. The number of likely N-dealkylation sites (tertiary alicyclic amines) is 1. The minimum absolute atomic E-state index is 0.0366. The number of carbonyl (C=O) groups excluding carboxylic acids is 2. The maximum Gasteiger partial charge on any atom is 0.310 e. The molecular weight excluding hydrogens is 232 g/mol. The van der Waals surface area contributed by atoms with Crippen molar-refractivity contribution < 1.29 is 14.3 Å². The zero-order valence-electron chi connectivity index (χ0n) is 11.7. The van der Waals surface area contributed by atoms with Crippen LogP contribution in [0.5, 0.6) is 0 Å². The lowest BCUT2D eigenvalue weighted by Gasteiger charge is -2.23. The maximum absolute atomic E-state index is 11.9. The molecule has 104 valence electrons. The molecule has 1 saturated heterocycles. The lowest BCUT2D eigenvalue weighted by Crippen LogP contribution is -2.44.